The van der Waals surface area contributed by atoms with Gasteiger partial charge in [0.2, 0.25) is 11.8 Å². The molecule has 3 unspecified atom stereocenters. The lowest BCUT2D eigenvalue weighted by molar-refractivity contribution is -0.152. The van der Waals surface area contributed by atoms with E-state index in [1.54, 1.807) is 0 Å². The number of hydrogen-bond donors (Lipinski definition) is 3. The molecule has 2 fully saturated rings. The van der Waals surface area contributed by atoms with E-state index in [-0.39, 0.29) is 17.7 Å². The minimum atomic E-state index is -1.18. The minimum absolute atomic E-state index is 0.0974. The Morgan fingerprint density at radius 1 is 1.37 bits per heavy atom. The van der Waals surface area contributed by atoms with Crippen molar-refractivity contribution in [3.63, 3.8) is 0 Å². The van der Waals surface area contributed by atoms with Crippen LogP contribution in [0.1, 0.15) is 45.4 Å². The summed E-state index contributed by atoms with van der Waals surface area (Å²) in [6.07, 6.45) is 3.81. The van der Waals surface area contributed by atoms with Crippen LogP contribution in [-0.2, 0) is 14.4 Å². The van der Waals surface area contributed by atoms with Gasteiger partial charge in [-0.2, -0.15) is 0 Å². The molecule has 2 amide bonds. The van der Waals surface area contributed by atoms with Gasteiger partial charge in [-0.15, -0.1) is 0 Å². The van der Waals surface area contributed by atoms with E-state index in [1.165, 1.54) is 0 Å². The molecule has 1 aliphatic carbocycles. The lowest BCUT2D eigenvalue weighted by Crippen LogP contribution is -2.62. The molecule has 1 saturated carbocycles. The van der Waals surface area contributed by atoms with Crippen LogP contribution in [-0.4, -0.2) is 34.5 Å². The summed E-state index contributed by atoms with van der Waals surface area (Å²) in [7, 11) is 0. The standard InChI is InChI=1S/C13H20N2O4/c1-8-4-2-3-7-13(8,12(18)19)15-11(17)9-5-6-10(16)14-9/h8-9H,2-7H2,1H3,(H,14,16)(H,15,17)(H,18,19). The van der Waals surface area contributed by atoms with Gasteiger partial charge in [0.1, 0.15) is 11.6 Å². The Kier molecular flexibility index (Phi) is 3.78. The number of amides is 2. The van der Waals surface area contributed by atoms with Gasteiger partial charge in [0.15, 0.2) is 0 Å². The molecule has 2 aliphatic rings. The summed E-state index contributed by atoms with van der Waals surface area (Å²) < 4.78 is 0. The summed E-state index contributed by atoms with van der Waals surface area (Å²) >= 11 is 0. The number of nitrogens with one attached hydrogen (secondary N) is 2. The Morgan fingerprint density at radius 2 is 2.11 bits per heavy atom. The molecule has 0 radical (unpaired) electrons. The number of hydrogen-bond acceptors (Lipinski definition) is 3. The number of carbonyl (C=O) groups excluding carboxylic acids is 2. The predicted molar refractivity (Wildman–Crippen MR) is 67.3 cm³/mol. The van der Waals surface area contributed by atoms with Crippen LogP contribution in [0.25, 0.3) is 0 Å². The first-order valence-corrected chi connectivity index (χ1v) is 6.80. The van der Waals surface area contributed by atoms with Crippen molar-refractivity contribution in [2.24, 2.45) is 5.92 Å². The van der Waals surface area contributed by atoms with Crippen LogP contribution in [0.2, 0.25) is 0 Å². The van der Waals surface area contributed by atoms with E-state index >= 15 is 0 Å². The molecule has 6 heteroatoms. The van der Waals surface area contributed by atoms with Gasteiger partial charge in [0, 0.05) is 6.42 Å². The van der Waals surface area contributed by atoms with Crippen molar-refractivity contribution in [2.45, 2.75) is 57.0 Å². The summed E-state index contributed by atoms with van der Waals surface area (Å²) in [5, 5.41) is 14.8. The second kappa shape index (κ2) is 5.19. The van der Waals surface area contributed by atoms with Gasteiger partial charge >= 0.3 is 5.97 Å². The molecule has 0 aromatic carbocycles. The summed E-state index contributed by atoms with van der Waals surface area (Å²) in [6.45, 7) is 1.86. The second-order valence-corrected chi connectivity index (χ2v) is 5.57. The quantitative estimate of drug-likeness (QED) is 0.691. The van der Waals surface area contributed by atoms with E-state index in [4.69, 9.17) is 0 Å². The van der Waals surface area contributed by atoms with Crippen molar-refractivity contribution < 1.29 is 19.5 Å². The smallest absolute Gasteiger partial charge is 0.329 e. The van der Waals surface area contributed by atoms with E-state index < -0.39 is 17.6 Å². The Hall–Kier alpha value is -1.59. The monoisotopic (exact) mass is 268 g/mol. The molecular formula is C13H20N2O4. The fourth-order valence-corrected chi connectivity index (χ4v) is 3.02. The third-order valence-electron chi connectivity index (χ3n) is 4.34. The molecule has 0 bridgehead atoms. The first-order valence-electron chi connectivity index (χ1n) is 6.80. The number of rotatable bonds is 3. The van der Waals surface area contributed by atoms with Crippen LogP contribution >= 0.6 is 0 Å². The largest absolute Gasteiger partial charge is 0.479 e. The minimum Gasteiger partial charge on any atom is -0.479 e. The Balaban J connectivity index is 2.10. The Bertz CT molecular complexity index is 409. The van der Waals surface area contributed by atoms with Gasteiger partial charge in [-0.3, -0.25) is 9.59 Å². The number of carboxylic acid groups (broad SMARTS) is 1. The summed E-state index contributed by atoms with van der Waals surface area (Å²) in [4.78, 5) is 34.8. The van der Waals surface area contributed by atoms with Gasteiger partial charge in [0.25, 0.3) is 0 Å². The van der Waals surface area contributed by atoms with Crippen LogP contribution in [0, 0.1) is 5.92 Å². The number of aliphatic carboxylic acids is 1. The van der Waals surface area contributed by atoms with Crippen molar-refractivity contribution in [1.29, 1.82) is 0 Å². The molecule has 1 saturated heterocycles. The van der Waals surface area contributed by atoms with Gasteiger partial charge in [-0.1, -0.05) is 19.8 Å². The average Bonchev–Trinajstić information content (AvgIpc) is 2.78. The van der Waals surface area contributed by atoms with Crippen molar-refractivity contribution >= 4 is 17.8 Å². The third-order valence-corrected chi connectivity index (χ3v) is 4.34. The molecular weight excluding hydrogens is 248 g/mol. The Labute approximate surface area is 111 Å². The van der Waals surface area contributed by atoms with Crippen molar-refractivity contribution in [3.8, 4) is 0 Å². The molecule has 3 atom stereocenters. The number of carboxylic acids is 1. The molecule has 0 aromatic rings. The first-order chi connectivity index (χ1) is 8.95. The molecule has 0 aromatic heterocycles. The molecule has 106 valence electrons. The SMILES string of the molecule is CC1CCCCC1(NC(=O)C1CCC(=O)N1)C(=O)O. The zero-order valence-electron chi connectivity index (χ0n) is 11.1. The van der Waals surface area contributed by atoms with Crippen LogP contribution in [0.3, 0.4) is 0 Å². The lowest BCUT2D eigenvalue weighted by Gasteiger charge is -2.40. The average molecular weight is 268 g/mol. The number of carbonyl (C=O) groups is 3. The highest BCUT2D eigenvalue weighted by Crippen LogP contribution is 2.34. The molecule has 1 heterocycles. The van der Waals surface area contributed by atoms with Crippen molar-refractivity contribution in [2.75, 3.05) is 0 Å². The van der Waals surface area contributed by atoms with Crippen molar-refractivity contribution in [1.82, 2.24) is 10.6 Å². The summed E-state index contributed by atoms with van der Waals surface area (Å²) in [6, 6.07) is -0.585. The fraction of sp³-hybridized carbons (Fsp3) is 0.769. The van der Waals surface area contributed by atoms with Crippen molar-refractivity contribution in [3.05, 3.63) is 0 Å². The molecule has 6 nitrogen and oxygen atoms in total. The van der Waals surface area contributed by atoms with E-state index in [1.807, 2.05) is 6.92 Å². The van der Waals surface area contributed by atoms with Crippen LogP contribution in [0.15, 0.2) is 0 Å². The molecule has 2 rings (SSSR count). The fourth-order valence-electron chi connectivity index (χ4n) is 3.02. The highest BCUT2D eigenvalue weighted by molar-refractivity contribution is 5.94. The van der Waals surface area contributed by atoms with E-state index in [0.29, 0.717) is 19.3 Å². The van der Waals surface area contributed by atoms with Gasteiger partial charge in [0.05, 0.1) is 0 Å². The first kappa shape index (κ1) is 13.8. The van der Waals surface area contributed by atoms with Gasteiger partial charge in [-0.25, -0.2) is 4.79 Å². The second-order valence-electron chi connectivity index (χ2n) is 5.57. The zero-order valence-corrected chi connectivity index (χ0v) is 11.1. The van der Waals surface area contributed by atoms with E-state index in [9.17, 15) is 19.5 Å². The topological polar surface area (TPSA) is 95.5 Å². The van der Waals surface area contributed by atoms with Crippen LogP contribution < -0.4 is 10.6 Å². The normalized spacial score (nSPS) is 34.7. The molecule has 19 heavy (non-hydrogen) atoms. The molecule has 1 aliphatic heterocycles. The van der Waals surface area contributed by atoms with Crippen LogP contribution in [0.4, 0.5) is 0 Å². The maximum atomic E-state index is 12.1. The van der Waals surface area contributed by atoms with Gasteiger partial charge < -0.3 is 15.7 Å². The molecule has 3 N–H and O–H groups in total. The third kappa shape index (κ3) is 2.57. The summed E-state index contributed by atoms with van der Waals surface area (Å²) in [5.41, 5.74) is -1.18. The van der Waals surface area contributed by atoms with E-state index in [0.717, 1.165) is 19.3 Å². The van der Waals surface area contributed by atoms with Crippen LogP contribution in [0.5, 0.6) is 0 Å². The maximum Gasteiger partial charge on any atom is 0.329 e. The zero-order chi connectivity index (χ0) is 14.0. The predicted octanol–water partition coefficient (Wildman–Crippen LogP) is 0.415. The highest BCUT2D eigenvalue weighted by atomic mass is 16.4. The maximum absolute atomic E-state index is 12.1. The van der Waals surface area contributed by atoms with E-state index in [2.05, 4.69) is 10.6 Å². The summed E-state index contributed by atoms with van der Waals surface area (Å²) in [5.74, 6) is -1.60. The lowest BCUT2D eigenvalue weighted by atomic mass is 9.73. The highest BCUT2D eigenvalue weighted by Gasteiger charge is 2.47. The van der Waals surface area contributed by atoms with Gasteiger partial charge in [-0.05, 0) is 25.2 Å². The molecule has 0 spiro atoms. The Morgan fingerprint density at radius 3 is 2.63 bits per heavy atom.